The summed E-state index contributed by atoms with van der Waals surface area (Å²) in [6, 6.07) is 1.67. The Morgan fingerprint density at radius 2 is 2.29 bits per heavy atom. The molecular weight excluding hydrogens is 270 g/mol. The highest BCUT2D eigenvalue weighted by atomic mass is 16.2. The Balaban J connectivity index is 2.01. The standard InChI is InChI=1S/C14H23N5O2/c1-4-10(2)19-12(5-6-16-19)17-14(21)11(3)18-8-7-15-13(20)9-18/h5-6,10-11H,4,7-9H2,1-3H3,(H,15,20)(H,17,21)/t10-,11+/m0/s1. The molecule has 2 atom stereocenters. The molecule has 21 heavy (non-hydrogen) atoms. The first-order chi connectivity index (χ1) is 10.0. The van der Waals surface area contributed by atoms with Crippen LogP contribution in [0.25, 0.3) is 0 Å². The maximum atomic E-state index is 12.4. The van der Waals surface area contributed by atoms with Gasteiger partial charge in [-0.3, -0.25) is 14.5 Å². The molecule has 116 valence electrons. The summed E-state index contributed by atoms with van der Waals surface area (Å²) in [6.07, 6.45) is 2.62. The average Bonchev–Trinajstić information content (AvgIpc) is 2.93. The highest BCUT2D eigenvalue weighted by Crippen LogP contribution is 2.17. The van der Waals surface area contributed by atoms with Gasteiger partial charge in [-0.05, 0) is 20.3 Å². The molecule has 1 fully saturated rings. The number of nitrogens with zero attached hydrogens (tertiary/aromatic N) is 3. The molecule has 1 aliphatic rings. The molecule has 0 aliphatic carbocycles. The molecule has 0 unspecified atom stereocenters. The predicted octanol–water partition coefficient (Wildman–Crippen LogP) is 0.613. The minimum absolute atomic E-state index is 0.0365. The largest absolute Gasteiger partial charge is 0.354 e. The van der Waals surface area contributed by atoms with Crippen molar-refractivity contribution in [3.63, 3.8) is 0 Å². The van der Waals surface area contributed by atoms with Crippen LogP contribution in [0.1, 0.15) is 33.2 Å². The van der Waals surface area contributed by atoms with Crippen molar-refractivity contribution in [3.05, 3.63) is 12.3 Å². The SMILES string of the molecule is CC[C@H](C)n1nccc1NC(=O)[C@@H](C)N1CCNC(=O)C1. The number of aromatic nitrogens is 2. The van der Waals surface area contributed by atoms with Gasteiger partial charge in [0.1, 0.15) is 5.82 Å². The van der Waals surface area contributed by atoms with Crippen LogP contribution in [-0.4, -0.2) is 52.2 Å². The third-order valence-electron chi connectivity index (χ3n) is 3.92. The fraction of sp³-hybridized carbons (Fsp3) is 0.643. The van der Waals surface area contributed by atoms with E-state index in [0.29, 0.717) is 18.9 Å². The van der Waals surface area contributed by atoms with Crippen LogP contribution in [-0.2, 0) is 9.59 Å². The van der Waals surface area contributed by atoms with E-state index < -0.39 is 0 Å². The van der Waals surface area contributed by atoms with Gasteiger partial charge in [0.25, 0.3) is 0 Å². The minimum atomic E-state index is -0.351. The Labute approximate surface area is 124 Å². The average molecular weight is 293 g/mol. The second-order valence-electron chi connectivity index (χ2n) is 5.40. The Hall–Kier alpha value is -1.89. The zero-order valence-corrected chi connectivity index (χ0v) is 12.8. The van der Waals surface area contributed by atoms with Gasteiger partial charge >= 0.3 is 0 Å². The van der Waals surface area contributed by atoms with Crippen LogP contribution >= 0.6 is 0 Å². The second kappa shape index (κ2) is 6.71. The fourth-order valence-corrected chi connectivity index (χ4v) is 2.32. The lowest BCUT2D eigenvalue weighted by Crippen LogP contribution is -2.53. The first-order valence-corrected chi connectivity index (χ1v) is 7.38. The highest BCUT2D eigenvalue weighted by molar-refractivity contribution is 5.94. The van der Waals surface area contributed by atoms with Gasteiger partial charge in [-0.25, -0.2) is 4.68 Å². The monoisotopic (exact) mass is 293 g/mol. The number of carbonyl (C=O) groups is 2. The zero-order chi connectivity index (χ0) is 15.4. The van der Waals surface area contributed by atoms with Crippen molar-refractivity contribution >= 4 is 17.6 Å². The lowest BCUT2D eigenvalue weighted by atomic mass is 10.2. The third kappa shape index (κ3) is 3.60. The van der Waals surface area contributed by atoms with E-state index in [1.807, 2.05) is 16.5 Å². The summed E-state index contributed by atoms with van der Waals surface area (Å²) in [5, 5.41) is 9.91. The molecular formula is C14H23N5O2. The van der Waals surface area contributed by atoms with E-state index in [1.165, 1.54) is 0 Å². The van der Waals surface area contributed by atoms with E-state index in [2.05, 4.69) is 29.6 Å². The number of carbonyl (C=O) groups excluding carboxylic acids is 2. The smallest absolute Gasteiger partial charge is 0.242 e. The van der Waals surface area contributed by atoms with Crippen LogP contribution in [0.5, 0.6) is 0 Å². The topological polar surface area (TPSA) is 79.3 Å². The Morgan fingerprint density at radius 1 is 1.52 bits per heavy atom. The number of amides is 2. The molecule has 0 aromatic carbocycles. The summed E-state index contributed by atoms with van der Waals surface area (Å²) in [5.41, 5.74) is 0. The number of hydrogen-bond donors (Lipinski definition) is 2. The van der Waals surface area contributed by atoms with Gasteiger partial charge in [-0.15, -0.1) is 0 Å². The Kier molecular flexibility index (Phi) is 4.95. The van der Waals surface area contributed by atoms with Crippen LogP contribution in [0, 0.1) is 0 Å². The van der Waals surface area contributed by atoms with Crippen molar-refractivity contribution in [2.45, 2.75) is 39.3 Å². The van der Waals surface area contributed by atoms with E-state index in [0.717, 1.165) is 6.42 Å². The summed E-state index contributed by atoms with van der Waals surface area (Å²) >= 11 is 0. The van der Waals surface area contributed by atoms with Crippen molar-refractivity contribution in [1.29, 1.82) is 0 Å². The number of rotatable bonds is 5. The first kappa shape index (κ1) is 15.5. The molecule has 0 saturated carbocycles. The summed E-state index contributed by atoms with van der Waals surface area (Å²) < 4.78 is 1.81. The summed E-state index contributed by atoms with van der Waals surface area (Å²) in [5.74, 6) is 0.544. The van der Waals surface area contributed by atoms with Crippen LogP contribution in [0.4, 0.5) is 5.82 Å². The Morgan fingerprint density at radius 3 is 2.95 bits per heavy atom. The molecule has 0 spiro atoms. The van der Waals surface area contributed by atoms with Crippen LogP contribution in [0.15, 0.2) is 12.3 Å². The number of piperazine rings is 1. The van der Waals surface area contributed by atoms with E-state index in [9.17, 15) is 9.59 Å². The van der Waals surface area contributed by atoms with E-state index in [4.69, 9.17) is 0 Å². The van der Waals surface area contributed by atoms with E-state index in [-0.39, 0.29) is 30.4 Å². The van der Waals surface area contributed by atoms with Gasteiger partial charge in [-0.1, -0.05) is 6.92 Å². The predicted molar refractivity (Wildman–Crippen MR) is 79.9 cm³/mol. The quantitative estimate of drug-likeness (QED) is 0.834. The molecule has 0 radical (unpaired) electrons. The van der Waals surface area contributed by atoms with Crippen molar-refractivity contribution in [2.24, 2.45) is 0 Å². The molecule has 1 aliphatic heterocycles. The number of nitrogens with one attached hydrogen (secondary N) is 2. The Bertz CT molecular complexity index is 513. The number of hydrogen-bond acceptors (Lipinski definition) is 4. The van der Waals surface area contributed by atoms with Crippen LogP contribution < -0.4 is 10.6 Å². The highest BCUT2D eigenvalue weighted by Gasteiger charge is 2.26. The van der Waals surface area contributed by atoms with Crippen LogP contribution in [0.2, 0.25) is 0 Å². The lowest BCUT2D eigenvalue weighted by molar-refractivity contribution is -0.127. The van der Waals surface area contributed by atoms with Crippen molar-refractivity contribution in [1.82, 2.24) is 20.0 Å². The van der Waals surface area contributed by atoms with Gasteiger partial charge in [0.2, 0.25) is 11.8 Å². The number of anilines is 1. The molecule has 1 saturated heterocycles. The molecule has 7 heteroatoms. The molecule has 1 aromatic rings. The lowest BCUT2D eigenvalue weighted by Gasteiger charge is -2.31. The van der Waals surface area contributed by atoms with Gasteiger partial charge < -0.3 is 10.6 Å². The molecule has 2 heterocycles. The third-order valence-corrected chi connectivity index (χ3v) is 3.92. The van der Waals surface area contributed by atoms with Crippen molar-refractivity contribution in [3.8, 4) is 0 Å². The fourth-order valence-electron chi connectivity index (χ4n) is 2.32. The van der Waals surface area contributed by atoms with Gasteiger partial charge in [0, 0.05) is 19.2 Å². The van der Waals surface area contributed by atoms with E-state index in [1.54, 1.807) is 12.3 Å². The molecule has 1 aromatic heterocycles. The molecule has 0 bridgehead atoms. The first-order valence-electron chi connectivity index (χ1n) is 7.38. The van der Waals surface area contributed by atoms with E-state index >= 15 is 0 Å². The van der Waals surface area contributed by atoms with Crippen LogP contribution in [0.3, 0.4) is 0 Å². The van der Waals surface area contributed by atoms with Gasteiger partial charge in [-0.2, -0.15) is 5.10 Å². The van der Waals surface area contributed by atoms with Crippen molar-refractivity contribution in [2.75, 3.05) is 25.0 Å². The van der Waals surface area contributed by atoms with Gasteiger partial charge in [0.15, 0.2) is 0 Å². The molecule has 2 rings (SSSR count). The summed E-state index contributed by atoms with van der Waals surface area (Å²) in [7, 11) is 0. The van der Waals surface area contributed by atoms with Crippen molar-refractivity contribution < 1.29 is 9.59 Å². The minimum Gasteiger partial charge on any atom is -0.354 e. The molecule has 7 nitrogen and oxygen atoms in total. The second-order valence-corrected chi connectivity index (χ2v) is 5.40. The maximum Gasteiger partial charge on any atom is 0.242 e. The van der Waals surface area contributed by atoms with Gasteiger partial charge in [0.05, 0.1) is 24.8 Å². The zero-order valence-electron chi connectivity index (χ0n) is 12.8. The molecule has 2 N–H and O–H groups in total. The summed E-state index contributed by atoms with van der Waals surface area (Å²) in [6.45, 7) is 7.48. The maximum absolute atomic E-state index is 12.4. The summed E-state index contributed by atoms with van der Waals surface area (Å²) in [4.78, 5) is 25.6. The normalized spacial score (nSPS) is 18.9. The molecule has 2 amide bonds.